The fourth-order valence-corrected chi connectivity index (χ4v) is 3.58. The molecular formula is C23H57Co2N4O11+. The van der Waals surface area contributed by atoms with Gasteiger partial charge in [0.2, 0.25) is 0 Å². The zero-order chi connectivity index (χ0) is 27.8. The molecule has 2 radical (unpaired) electrons. The van der Waals surface area contributed by atoms with Crippen molar-refractivity contribution in [2.24, 2.45) is 11.8 Å². The van der Waals surface area contributed by atoms with Crippen LogP contribution in [0.25, 0.3) is 16.4 Å². The van der Waals surface area contributed by atoms with Gasteiger partial charge in [-0.25, -0.2) is 0 Å². The topological polar surface area (TPSA) is 303 Å². The molecule has 0 spiro atoms. The van der Waals surface area contributed by atoms with E-state index in [1.54, 1.807) is 0 Å². The third-order valence-electron chi connectivity index (χ3n) is 5.58. The summed E-state index contributed by atoms with van der Waals surface area (Å²) >= 11 is 0. The van der Waals surface area contributed by atoms with Gasteiger partial charge in [0.25, 0.3) is 0 Å². The molecule has 0 aromatic heterocycles. The van der Waals surface area contributed by atoms with E-state index in [-0.39, 0.29) is 75.6 Å². The molecule has 2 unspecified atom stereocenters. The van der Waals surface area contributed by atoms with E-state index in [1.807, 2.05) is 0 Å². The van der Waals surface area contributed by atoms with Crippen LogP contribution < -0.4 is 0 Å². The summed E-state index contributed by atoms with van der Waals surface area (Å²) in [6, 6.07) is -0.711. The van der Waals surface area contributed by atoms with E-state index in [9.17, 15) is 0 Å². The smallest absolute Gasteiger partial charge is 0.679 e. The average molecular weight is 684 g/mol. The van der Waals surface area contributed by atoms with E-state index in [4.69, 9.17) is 51.9 Å². The molecule has 2 atom stereocenters. The first-order chi connectivity index (χ1) is 17.1. The predicted octanol–water partition coefficient (Wildman–Crippen LogP) is -0.550. The monoisotopic (exact) mass is 683 g/mol. The maximum Gasteiger partial charge on any atom is 2.00 e. The minimum atomic E-state index is -1.59. The number of piperidine rings is 1. The Morgan fingerprint density at radius 1 is 0.850 bits per heavy atom. The second kappa shape index (κ2) is 37.4. The summed E-state index contributed by atoms with van der Waals surface area (Å²) in [5.41, 5.74) is 6.69. The molecule has 0 aromatic rings. The Balaban J connectivity index is -0.000000100. The minimum absolute atomic E-state index is 0. The second-order valence-corrected chi connectivity index (χ2v) is 8.88. The minimum Gasteiger partial charge on any atom is -0.679 e. The van der Waals surface area contributed by atoms with Gasteiger partial charge in [-0.2, -0.15) is 13.1 Å². The molecule has 0 bridgehead atoms. The van der Waals surface area contributed by atoms with Crippen molar-refractivity contribution in [3.05, 3.63) is 16.4 Å². The molecule has 0 aromatic carbocycles. The van der Waals surface area contributed by atoms with Crippen molar-refractivity contribution in [2.75, 3.05) is 39.3 Å². The second-order valence-electron chi connectivity index (χ2n) is 8.88. The fraction of sp³-hybridized carbons (Fsp3) is 1.00. The number of nitrogens with one attached hydrogen (secondary N) is 1. The van der Waals surface area contributed by atoms with Crippen LogP contribution in [0.2, 0.25) is 0 Å². The molecule has 16 N–H and O–H groups in total. The molecule has 1 aliphatic carbocycles. The summed E-state index contributed by atoms with van der Waals surface area (Å²) in [4.78, 5) is 0. The zero-order valence-electron chi connectivity index (χ0n) is 23.5. The maximum absolute atomic E-state index is 8.99. The van der Waals surface area contributed by atoms with Crippen LogP contribution in [0.1, 0.15) is 71.1 Å². The molecule has 2 fully saturated rings. The van der Waals surface area contributed by atoms with Gasteiger partial charge < -0.3 is 63.1 Å². The first kappa shape index (κ1) is 53.0. The Hall–Kier alpha value is 0.413. The normalized spacial score (nSPS) is 19.7. The molecular weight excluding hydrogens is 626 g/mol. The van der Waals surface area contributed by atoms with Gasteiger partial charge in [0.15, 0.2) is 18.9 Å². The Labute approximate surface area is 259 Å². The van der Waals surface area contributed by atoms with Gasteiger partial charge in [-0.05, 0) is 38.5 Å². The van der Waals surface area contributed by atoms with E-state index < -0.39 is 36.7 Å². The Kier molecular flexibility index (Phi) is 49.6. The third-order valence-corrected chi connectivity index (χ3v) is 5.58. The fourth-order valence-electron chi connectivity index (χ4n) is 3.58. The van der Waals surface area contributed by atoms with Gasteiger partial charge in [-0.15, -0.1) is 19.6 Å². The van der Waals surface area contributed by atoms with E-state index in [1.165, 1.54) is 19.3 Å². The van der Waals surface area contributed by atoms with Crippen LogP contribution in [0.4, 0.5) is 0 Å². The number of hydroxylamine groups is 2. The maximum atomic E-state index is 8.99. The summed E-state index contributed by atoms with van der Waals surface area (Å²) in [5, 5.41) is 86.5. The number of aliphatic hydroxyl groups is 7. The molecule has 2 aliphatic rings. The third kappa shape index (κ3) is 34.6. The summed E-state index contributed by atoms with van der Waals surface area (Å²) < 4.78 is 0. The molecule has 1 saturated heterocycles. The molecule has 1 saturated carbocycles. The van der Waals surface area contributed by atoms with Gasteiger partial charge in [0.1, 0.15) is 0 Å². The Morgan fingerprint density at radius 3 is 1.62 bits per heavy atom. The van der Waals surface area contributed by atoms with Crippen molar-refractivity contribution in [3.8, 4) is 0 Å². The molecule has 0 amide bonds. The molecule has 1 aliphatic heterocycles. The number of hydrogen-bond acceptors (Lipinski definition) is 10. The van der Waals surface area contributed by atoms with Crippen molar-refractivity contribution in [1.29, 1.82) is 0 Å². The zero-order valence-corrected chi connectivity index (χ0v) is 25.5. The molecule has 2 rings (SSSR count). The predicted molar refractivity (Wildman–Crippen MR) is 145 cm³/mol. The average Bonchev–Trinajstić information content (AvgIpc) is 2.86. The van der Waals surface area contributed by atoms with E-state index in [0.29, 0.717) is 32.4 Å². The van der Waals surface area contributed by atoms with Crippen molar-refractivity contribution in [2.45, 2.75) is 96.0 Å². The molecule has 40 heavy (non-hydrogen) atoms. The molecule has 17 heteroatoms. The van der Waals surface area contributed by atoms with Crippen molar-refractivity contribution >= 4 is 0 Å². The van der Waals surface area contributed by atoms with Gasteiger partial charge >= 0.3 is 16.8 Å². The van der Waals surface area contributed by atoms with Crippen LogP contribution in [0.15, 0.2) is 0 Å². The van der Waals surface area contributed by atoms with Gasteiger partial charge in [-0.3, -0.25) is 10.4 Å². The number of aliphatic hydroxyl groups excluding tert-OH is 4. The van der Waals surface area contributed by atoms with Gasteiger partial charge in [0.05, 0.1) is 6.04 Å². The summed E-state index contributed by atoms with van der Waals surface area (Å²) in [6.45, 7) is 6.56. The number of nitrogens with zero attached hydrogens (tertiary/aromatic N) is 3. The molecule has 252 valence electrons. The van der Waals surface area contributed by atoms with Crippen molar-refractivity contribution < 1.29 is 90.7 Å². The van der Waals surface area contributed by atoms with Gasteiger partial charge in [-0.1, -0.05) is 37.8 Å². The summed E-state index contributed by atoms with van der Waals surface area (Å²) in [5.74, 6) is -1.17. The number of unbranched alkanes of at least 4 members (excludes halogenated alkanes) is 1. The van der Waals surface area contributed by atoms with Crippen LogP contribution in [-0.2, 0) is 44.5 Å². The summed E-state index contributed by atoms with van der Waals surface area (Å²) in [7, 11) is 0. The summed E-state index contributed by atoms with van der Waals surface area (Å²) in [6.07, 6.45) is 3.10. The van der Waals surface area contributed by atoms with E-state index >= 15 is 0 Å². The van der Waals surface area contributed by atoms with E-state index in [2.05, 4.69) is 17.6 Å². The van der Waals surface area contributed by atoms with Gasteiger partial charge in [0, 0.05) is 35.2 Å². The quantitative estimate of drug-likeness (QED) is 0.0579. The van der Waals surface area contributed by atoms with Crippen molar-refractivity contribution in [1.82, 2.24) is 5.23 Å². The first-order valence-electron chi connectivity index (χ1n) is 12.9. The van der Waals surface area contributed by atoms with Crippen LogP contribution in [0.3, 0.4) is 0 Å². The molecule has 1 heterocycles. The van der Waals surface area contributed by atoms with Crippen molar-refractivity contribution in [3.63, 3.8) is 0 Å². The standard InChI is InChI=1S/C8H17NO6.C5H12N2.C5H10N.C5H12O3.2Co.2H2O/c10-7(11)4-1-5(8(12)13)3-6(2-4)9(14)15;1-2-4-7-5-3-6;1-2-4-6-5-3-1;6-4-2-1-3-5(7)8;;;;/h4-8,10-15H,1-3H2;6H,2-5H2,1H3;1-5H2;5-8H,1-4H2;;;2*1H2/q;-2;-1;;;+2;;/p+2. The number of rotatable bonds is 11. The van der Waals surface area contributed by atoms with Crippen LogP contribution in [-0.4, -0.2) is 116 Å². The van der Waals surface area contributed by atoms with Crippen LogP contribution in [0, 0.1) is 11.8 Å². The Morgan fingerprint density at radius 2 is 1.35 bits per heavy atom. The SMILES string of the molecule is C1CC[N-]CC1.CCC[N-]CC[NH-].OC(O)C1CC(C(O)O)CC(N(O)O)C1.OCCCCC(O)O.[Co+2].[Co].[OH3+].[OH3+]. The number of hydrogen-bond donors (Lipinski definition) is 9. The van der Waals surface area contributed by atoms with Crippen LogP contribution >= 0.6 is 0 Å². The first-order valence-corrected chi connectivity index (χ1v) is 12.9. The largest absolute Gasteiger partial charge is 2.00 e. The Bertz CT molecular complexity index is 406. The molecule has 15 nitrogen and oxygen atoms in total. The van der Waals surface area contributed by atoms with Crippen LogP contribution in [0.5, 0.6) is 0 Å². The van der Waals surface area contributed by atoms with E-state index in [0.717, 1.165) is 26.1 Å².